The largest absolute Gasteiger partial charge is 0.368 e. The molecule has 14 heavy (non-hydrogen) atoms. The molecule has 1 N–H and O–H groups in total. The summed E-state index contributed by atoms with van der Waals surface area (Å²) in [6, 6.07) is 5.90. The molecule has 4 heteroatoms. The first kappa shape index (κ1) is 10.5. The third kappa shape index (κ3) is 3.02. The summed E-state index contributed by atoms with van der Waals surface area (Å²) in [6.07, 6.45) is 0.480. The van der Waals surface area contributed by atoms with Gasteiger partial charge in [0.25, 0.3) is 0 Å². The molecule has 0 saturated heterocycles. The van der Waals surface area contributed by atoms with Crippen molar-refractivity contribution in [3.63, 3.8) is 0 Å². The predicted octanol–water partition coefficient (Wildman–Crippen LogP) is 1.93. The lowest BCUT2D eigenvalue weighted by Crippen LogP contribution is -2.04. The number of hydrogen-bond donors (Lipinski definition) is 1. The van der Waals surface area contributed by atoms with Gasteiger partial charge in [-0.3, -0.25) is 0 Å². The van der Waals surface area contributed by atoms with E-state index in [0.29, 0.717) is 18.9 Å². The SMILES string of the molecule is CC(C)c1ccc(NCCC#N)nn1. The van der Waals surface area contributed by atoms with Gasteiger partial charge in [0.1, 0.15) is 5.82 Å². The number of hydrogen-bond acceptors (Lipinski definition) is 4. The number of nitriles is 1. The molecule has 0 aromatic carbocycles. The third-order valence-electron chi connectivity index (χ3n) is 1.82. The average Bonchev–Trinajstić information content (AvgIpc) is 2.19. The highest BCUT2D eigenvalue weighted by Gasteiger charge is 2.00. The Morgan fingerprint density at radius 2 is 2.21 bits per heavy atom. The molecule has 0 spiro atoms. The van der Waals surface area contributed by atoms with Gasteiger partial charge in [-0.05, 0) is 18.1 Å². The van der Waals surface area contributed by atoms with Crippen LogP contribution in [0.15, 0.2) is 12.1 Å². The number of anilines is 1. The van der Waals surface area contributed by atoms with Gasteiger partial charge in [0.15, 0.2) is 0 Å². The summed E-state index contributed by atoms with van der Waals surface area (Å²) in [7, 11) is 0. The first-order chi connectivity index (χ1) is 6.74. The van der Waals surface area contributed by atoms with Crippen LogP contribution >= 0.6 is 0 Å². The number of aromatic nitrogens is 2. The van der Waals surface area contributed by atoms with Crippen LogP contribution in [-0.4, -0.2) is 16.7 Å². The molecule has 0 fully saturated rings. The van der Waals surface area contributed by atoms with Crippen molar-refractivity contribution in [2.75, 3.05) is 11.9 Å². The second kappa shape index (κ2) is 5.18. The quantitative estimate of drug-likeness (QED) is 0.737. The molecule has 0 saturated carbocycles. The van der Waals surface area contributed by atoms with Crippen LogP contribution in [0.1, 0.15) is 31.9 Å². The van der Waals surface area contributed by atoms with Crippen molar-refractivity contribution in [2.24, 2.45) is 0 Å². The highest BCUT2D eigenvalue weighted by Crippen LogP contribution is 2.11. The second-order valence-electron chi connectivity index (χ2n) is 3.33. The van der Waals surface area contributed by atoms with Crippen molar-refractivity contribution in [1.29, 1.82) is 5.26 Å². The van der Waals surface area contributed by atoms with E-state index < -0.39 is 0 Å². The second-order valence-corrected chi connectivity index (χ2v) is 3.33. The molecule has 0 aliphatic carbocycles. The Kier molecular flexibility index (Phi) is 3.86. The van der Waals surface area contributed by atoms with E-state index in [1.54, 1.807) is 0 Å². The Morgan fingerprint density at radius 1 is 1.43 bits per heavy atom. The molecule has 1 rings (SSSR count). The molecule has 4 nitrogen and oxygen atoms in total. The minimum Gasteiger partial charge on any atom is -0.368 e. The fraction of sp³-hybridized carbons (Fsp3) is 0.500. The summed E-state index contributed by atoms with van der Waals surface area (Å²) >= 11 is 0. The van der Waals surface area contributed by atoms with Gasteiger partial charge in [0.2, 0.25) is 0 Å². The standard InChI is InChI=1S/C10H14N4/c1-8(2)9-4-5-10(14-13-9)12-7-3-6-11/h4-5,8H,3,7H2,1-2H3,(H,12,14). The van der Waals surface area contributed by atoms with Crippen molar-refractivity contribution in [1.82, 2.24) is 10.2 Å². The lowest BCUT2D eigenvalue weighted by atomic mass is 10.1. The molecule has 0 aliphatic heterocycles. The van der Waals surface area contributed by atoms with Gasteiger partial charge < -0.3 is 5.32 Å². The van der Waals surface area contributed by atoms with Crippen molar-refractivity contribution in [2.45, 2.75) is 26.2 Å². The maximum atomic E-state index is 8.34. The Balaban J connectivity index is 2.52. The number of nitrogens with one attached hydrogen (secondary N) is 1. The van der Waals surface area contributed by atoms with E-state index in [9.17, 15) is 0 Å². The Labute approximate surface area is 84.0 Å². The van der Waals surface area contributed by atoms with Gasteiger partial charge in [0, 0.05) is 6.54 Å². The summed E-state index contributed by atoms with van der Waals surface area (Å²) < 4.78 is 0. The van der Waals surface area contributed by atoms with Crippen LogP contribution in [0.4, 0.5) is 5.82 Å². The first-order valence-electron chi connectivity index (χ1n) is 4.68. The maximum absolute atomic E-state index is 8.34. The maximum Gasteiger partial charge on any atom is 0.148 e. The van der Waals surface area contributed by atoms with Crippen molar-refractivity contribution in [3.05, 3.63) is 17.8 Å². The van der Waals surface area contributed by atoms with Crippen molar-refractivity contribution >= 4 is 5.82 Å². The van der Waals surface area contributed by atoms with E-state index in [-0.39, 0.29) is 0 Å². The molecule has 0 unspecified atom stereocenters. The Hall–Kier alpha value is -1.63. The van der Waals surface area contributed by atoms with Crippen LogP contribution in [0.25, 0.3) is 0 Å². The molecule has 0 aliphatic rings. The highest BCUT2D eigenvalue weighted by atomic mass is 15.2. The van der Waals surface area contributed by atoms with E-state index in [2.05, 4.69) is 35.4 Å². The molecule has 0 bridgehead atoms. The zero-order valence-corrected chi connectivity index (χ0v) is 8.49. The van der Waals surface area contributed by atoms with Crippen LogP contribution in [0.2, 0.25) is 0 Å². The third-order valence-corrected chi connectivity index (χ3v) is 1.82. The highest BCUT2D eigenvalue weighted by molar-refractivity contribution is 5.33. The predicted molar refractivity (Wildman–Crippen MR) is 54.8 cm³/mol. The lowest BCUT2D eigenvalue weighted by Gasteiger charge is -2.05. The van der Waals surface area contributed by atoms with Gasteiger partial charge in [-0.1, -0.05) is 13.8 Å². The molecule has 74 valence electrons. The van der Waals surface area contributed by atoms with Crippen molar-refractivity contribution in [3.8, 4) is 6.07 Å². The summed E-state index contributed by atoms with van der Waals surface area (Å²) in [5, 5.41) is 19.4. The molecule has 1 aromatic rings. The summed E-state index contributed by atoms with van der Waals surface area (Å²) in [6.45, 7) is 4.77. The van der Waals surface area contributed by atoms with E-state index >= 15 is 0 Å². The number of rotatable bonds is 4. The van der Waals surface area contributed by atoms with Crippen LogP contribution in [0.5, 0.6) is 0 Å². The average molecular weight is 190 g/mol. The van der Waals surface area contributed by atoms with Gasteiger partial charge in [-0.15, -0.1) is 5.10 Å². The molecule has 1 heterocycles. The van der Waals surface area contributed by atoms with Gasteiger partial charge in [0.05, 0.1) is 18.2 Å². The summed E-state index contributed by atoms with van der Waals surface area (Å²) in [5.74, 6) is 1.13. The molecule has 1 aromatic heterocycles. The minimum atomic E-state index is 0.399. The minimum absolute atomic E-state index is 0.399. The summed E-state index contributed by atoms with van der Waals surface area (Å²) in [5.41, 5.74) is 0.982. The van der Waals surface area contributed by atoms with Gasteiger partial charge in [-0.2, -0.15) is 10.4 Å². The van der Waals surface area contributed by atoms with Gasteiger partial charge >= 0.3 is 0 Å². The normalized spacial score (nSPS) is 9.86. The summed E-state index contributed by atoms with van der Waals surface area (Å²) in [4.78, 5) is 0. The van der Waals surface area contributed by atoms with Crippen molar-refractivity contribution < 1.29 is 0 Å². The molecular weight excluding hydrogens is 176 g/mol. The smallest absolute Gasteiger partial charge is 0.148 e. The first-order valence-corrected chi connectivity index (χ1v) is 4.68. The Bertz CT molecular complexity index is 310. The zero-order chi connectivity index (χ0) is 10.4. The molecule has 0 radical (unpaired) electrons. The van der Waals surface area contributed by atoms with Gasteiger partial charge in [-0.25, -0.2) is 0 Å². The van der Waals surface area contributed by atoms with Crippen LogP contribution < -0.4 is 5.32 Å². The van der Waals surface area contributed by atoms with E-state index in [4.69, 9.17) is 5.26 Å². The van der Waals surface area contributed by atoms with Crippen LogP contribution in [0.3, 0.4) is 0 Å². The fourth-order valence-corrected chi connectivity index (χ4v) is 0.991. The van der Waals surface area contributed by atoms with Crippen LogP contribution in [0, 0.1) is 11.3 Å². The van der Waals surface area contributed by atoms with E-state index in [0.717, 1.165) is 11.5 Å². The van der Waals surface area contributed by atoms with E-state index in [1.165, 1.54) is 0 Å². The number of nitrogens with zero attached hydrogens (tertiary/aromatic N) is 3. The topological polar surface area (TPSA) is 61.6 Å². The monoisotopic (exact) mass is 190 g/mol. The zero-order valence-electron chi connectivity index (χ0n) is 8.49. The van der Waals surface area contributed by atoms with Crippen LogP contribution in [-0.2, 0) is 0 Å². The molecule has 0 amide bonds. The Morgan fingerprint density at radius 3 is 2.71 bits per heavy atom. The molecular formula is C10H14N4. The molecule has 0 atom stereocenters. The lowest BCUT2D eigenvalue weighted by molar-refractivity contribution is 0.785. The fourth-order valence-electron chi connectivity index (χ4n) is 0.991. The van der Waals surface area contributed by atoms with E-state index in [1.807, 2.05) is 12.1 Å².